The van der Waals surface area contributed by atoms with E-state index in [1.165, 1.54) is 24.3 Å². The monoisotopic (exact) mass is 414 g/mol. The molecule has 1 aromatic carbocycles. The molecule has 29 heavy (non-hydrogen) atoms. The Kier molecular flexibility index (Phi) is 10.1. The lowest BCUT2D eigenvalue weighted by atomic mass is 10.2. The Balaban J connectivity index is 2.58. The van der Waals surface area contributed by atoms with Crippen molar-refractivity contribution in [3.8, 4) is 11.5 Å². The topological polar surface area (TPSA) is 103 Å². The number of rotatable bonds is 10. The summed E-state index contributed by atoms with van der Waals surface area (Å²) in [6.45, 7) is 1.93. The van der Waals surface area contributed by atoms with Gasteiger partial charge in [-0.3, -0.25) is 10.1 Å². The quantitative estimate of drug-likeness (QED) is 0.451. The number of hydrogen-bond acceptors (Lipinski definition) is 6. The maximum atomic E-state index is 12.4. The molecule has 0 heterocycles. The van der Waals surface area contributed by atoms with Crippen molar-refractivity contribution in [2.45, 2.75) is 39.8 Å². The third-order valence-electron chi connectivity index (χ3n) is 3.48. The molecule has 0 spiro atoms. The van der Waals surface area contributed by atoms with E-state index in [1.807, 2.05) is 12.2 Å². The van der Waals surface area contributed by atoms with Crippen LogP contribution in [0.5, 0.6) is 11.5 Å². The minimum atomic E-state index is -3.00. The zero-order chi connectivity index (χ0) is 21.8. The van der Waals surface area contributed by atoms with Crippen molar-refractivity contribution >= 4 is 24.0 Å². The highest BCUT2D eigenvalue weighted by molar-refractivity contribution is 5.96. The normalized spacial score (nSPS) is 11.8. The molecular formula is C19H24F2N2O6. The van der Waals surface area contributed by atoms with Crippen LogP contribution < -0.4 is 20.1 Å². The van der Waals surface area contributed by atoms with Crippen LogP contribution in [-0.2, 0) is 14.3 Å². The van der Waals surface area contributed by atoms with Gasteiger partial charge in [-0.25, -0.2) is 9.59 Å². The average Bonchev–Trinajstić information content (AvgIpc) is 2.66. The molecule has 10 heteroatoms. The lowest BCUT2D eigenvalue weighted by Crippen LogP contribution is -2.44. The molecule has 0 saturated carbocycles. The SMILES string of the molecule is CCOc1cc(/C=C/C(=O)OCC(=O)NC(=O)N[C@@H](C)CC)ccc1OC(F)F. The van der Waals surface area contributed by atoms with Gasteiger partial charge in [0, 0.05) is 12.1 Å². The standard InChI is InChI=1S/C19H24F2N2O6/c1-4-12(3)22-19(26)23-16(24)11-28-17(25)9-7-13-6-8-14(29-18(20)21)15(10-13)27-5-2/h6-10,12,18H,4-5,11H2,1-3H3,(H2,22,23,24,26)/b9-7+/t12-/m0/s1. The summed E-state index contributed by atoms with van der Waals surface area (Å²) in [4.78, 5) is 34.8. The molecule has 1 atom stereocenters. The number of benzene rings is 1. The van der Waals surface area contributed by atoms with Gasteiger partial charge in [-0.05, 0) is 44.0 Å². The second kappa shape index (κ2) is 12.3. The van der Waals surface area contributed by atoms with Crippen LogP contribution in [0, 0.1) is 0 Å². The summed E-state index contributed by atoms with van der Waals surface area (Å²) in [6.07, 6.45) is 3.09. The van der Waals surface area contributed by atoms with Crippen LogP contribution >= 0.6 is 0 Å². The van der Waals surface area contributed by atoms with E-state index in [-0.39, 0.29) is 24.1 Å². The summed E-state index contributed by atoms with van der Waals surface area (Å²) in [5.41, 5.74) is 0.462. The molecule has 0 saturated heterocycles. The van der Waals surface area contributed by atoms with E-state index in [2.05, 4.69) is 10.1 Å². The number of alkyl halides is 2. The largest absolute Gasteiger partial charge is 0.490 e. The minimum absolute atomic E-state index is 0.0926. The number of esters is 1. The second-order valence-electron chi connectivity index (χ2n) is 5.79. The van der Waals surface area contributed by atoms with Gasteiger partial charge in [0.05, 0.1) is 6.61 Å². The first kappa shape index (κ1) is 23.9. The molecule has 1 rings (SSSR count). The Bertz CT molecular complexity index is 739. The Hall–Kier alpha value is -3.17. The summed E-state index contributed by atoms with van der Waals surface area (Å²) in [6, 6.07) is 3.36. The molecule has 1 aromatic rings. The van der Waals surface area contributed by atoms with Gasteiger partial charge in [0.2, 0.25) is 0 Å². The van der Waals surface area contributed by atoms with E-state index in [0.29, 0.717) is 12.0 Å². The smallest absolute Gasteiger partial charge is 0.387 e. The van der Waals surface area contributed by atoms with Crippen LogP contribution in [-0.4, -0.2) is 43.8 Å². The number of nitrogens with one attached hydrogen (secondary N) is 2. The molecule has 0 unspecified atom stereocenters. The first-order chi connectivity index (χ1) is 13.7. The van der Waals surface area contributed by atoms with Crippen LogP contribution in [0.15, 0.2) is 24.3 Å². The van der Waals surface area contributed by atoms with E-state index in [1.54, 1.807) is 13.8 Å². The van der Waals surface area contributed by atoms with E-state index in [0.717, 1.165) is 6.08 Å². The maximum absolute atomic E-state index is 12.4. The third kappa shape index (κ3) is 9.54. The predicted molar refractivity (Wildman–Crippen MR) is 101 cm³/mol. The van der Waals surface area contributed by atoms with Gasteiger partial charge in [-0.15, -0.1) is 0 Å². The summed E-state index contributed by atoms with van der Waals surface area (Å²) in [5.74, 6) is -1.64. The molecule has 0 aromatic heterocycles. The van der Waals surface area contributed by atoms with Crippen LogP contribution in [0.3, 0.4) is 0 Å². The Morgan fingerprint density at radius 2 is 1.90 bits per heavy atom. The fourth-order valence-electron chi connectivity index (χ4n) is 1.96. The summed E-state index contributed by atoms with van der Waals surface area (Å²) in [5, 5.41) is 4.57. The number of amides is 3. The van der Waals surface area contributed by atoms with Crippen molar-refractivity contribution in [1.82, 2.24) is 10.6 Å². The number of urea groups is 1. The third-order valence-corrected chi connectivity index (χ3v) is 3.48. The molecule has 0 bridgehead atoms. The fraction of sp³-hybridized carbons (Fsp3) is 0.421. The van der Waals surface area contributed by atoms with Gasteiger partial charge in [0.15, 0.2) is 18.1 Å². The highest BCUT2D eigenvalue weighted by Gasteiger charge is 2.12. The number of carbonyl (C=O) groups is 3. The highest BCUT2D eigenvalue weighted by Crippen LogP contribution is 2.30. The summed E-state index contributed by atoms with van der Waals surface area (Å²) >= 11 is 0. The molecule has 0 aliphatic carbocycles. The van der Waals surface area contributed by atoms with Crippen molar-refractivity contribution in [1.29, 1.82) is 0 Å². The van der Waals surface area contributed by atoms with Gasteiger partial charge in [0.1, 0.15) is 0 Å². The summed E-state index contributed by atoms with van der Waals surface area (Å²) < 4.78 is 39.1. The first-order valence-electron chi connectivity index (χ1n) is 8.91. The Morgan fingerprint density at radius 1 is 1.17 bits per heavy atom. The molecule has 160 valence electrons. The van der Waals surface area contributed by atoms with Crippen molar-refractivity contribution < 1.29 is 37.4 Å². The molecule has 3 amide bonds. The lowest BCUT2D eigenvalue weighted by molar-refractivity contribution is -0.143. The Morgan fingerprint density at radius 3 is 2.52 bits per heavy atom. The fourth-order valence-corrected chi connectivity index (χ4v) is 1.96. The summed E-state index contributed by atoms with van der Waals surface area (Å²) in [7, 11) is 0. The zero-order valence-corrected chi connectivity index (χ0v) is 16.4. The van der Waals surface area contributed by atoms with Crippen LogP contribution in [0.4, 0.5) is 13.6 Å². The van der Waals surface area contributed by atoms with E-state index in [4.69, 9.17) is 9.47 Å². The molecule has 0 fully saturated rings. The number of ether oxygens (including phenoxy) is 3. The van der Waals surface area contributed by atoms with Gasteiger partial charge in [-0.2, -0.15) is 8.78 Å². The second-order valence-corrected chi connectivity index (χ2v) is 5.79. The van der Waals surface area contributed by atoms with E-state index >= 15 is 0 Å². The van der Waals surface area contributed by atoms with Gasteiger partial charge in [0.25, 0.3) is 5.91 Å². The van der Waals surface area contributed by atoms with Gasteiger partial charge < -0.3 is 19.5 Å². The number of imide groups is 1. The molecule has 8 nitrogen and oxygen atoms in total. The zero-order valence-electron chi connectivity index (χ0n) is 16.4. The Labute approximate surface area is 167 Å². The lowest BCUT2D eigenvalue weighted by Gasteiger charge is -2.12. The van der Waals surface area contributed by atoms with E-state index in [9.17, 15) is 23.2 Å². The molecule has 2 N–H and O–H groups in total. The average molecular weight is 414 g/mol. The molecule has 0 aliphatic heterocycles. The van der Waals surface area contributed by atoms with Crippen LogP contribution in [0.25, 0.3) is 6.08 Å². The van der Waals surface area contributed by atoms with Crippen LogP contribution in [0.2, 0.25) is 0 Å². The molecular weight excluding hydrogens is 390 g/mol. The highest BCUT2D eigenvalue weighted by atomic mass is 19.3. The van der Waals surface area contributed by atoms with E-state index < -0.39 is 31.1 Å². The van der Waals surface area contributed by atoms with Crippen molar-refractivity contribution in [2.75, 3.05) is 13.2 Å². The van der Waals surface area contributed by atoms with Crippen molar-refractivity contribution in [2.24, 2.45) is 0 Å². The first-order valence-corrected chi connectivity index (χ1v) is 8.91. The number of carbonyl (C=O) groups excluding carboxylic acids is 3. The predicted octanol–water partition coefficient (Wildman–Crippen LogP) is 2.87. The van der Waals surface area contributed by atoms with Crippen molar-refractivity contribution in [3.05, 3.63) is 29.8 Å². The number of hydrogen-bond donors (Lipinski definition) is 2. The molecule has 0 radical (unpaired) electrons. The molecule has 0 aliphatic rings. The van der Waals surface area contributed by atoms with Gasteiger partial charge >= 0.3 is 18.6 Å². The minimum Gasteiger partial charge on any atom is -0.490 e. The van der Waals surface area contributed by atoms with Gasteiger partial charge in [-0.1, -0.05) is 13.0 Å². The van der Waals surface area contributed by atoms with Crippen LogP contribution in [0.1, 0.15) is 32.8 Å². The number of halogens is 2. The maximum Gasteiger partial charge on any atom is 0.387 e. The van der Waals surface area contributed by atoms with Crippen molar-refractivity contribution in [3.63, 3.8) is 0 Å².